The van der Waals surface area contributed by atoms with Crippen molar-refractivity contribution in [2.45, 2.75) is 17.2 Å². The van der Waals surface area contributed by atoms with Crippen LogP contribution in [0.4, 0.5) is 5.69 Å². The second-order valence-corrected chi connectivity index (χ2v) is 7.44. The van der Waals surface area contributed by atoms with E-state index in [4.69, 9.17) is 14.0 Å². The van der Waals surface area contributed by atoms with Crippen molar-refractivity contribution in [3.05, 3.63) is 64.5 Å². The van der Waals surface area contributed by atoms with Gasteiger partial charge in [0, 0.05) is 12.1 Å². The Morgan fingerprint density at radius 2 is 1.83 bits per heavy atom. The number of esters is 1. The second kappa shape index (κ2) is 9.31. The van der Waals surface area contributed by atoms with Gasteiger partial charge in [-0.05, 0) is 52.9 Å². The van der Waals surface area contributed by atoms with Gasteiger partial charge in [0.1, 0.15) is 5.75 Å². The van der Waals surface area contributed by atoms with Crippen LogP contribution in [0, 0.1) is 0 Å². The number of hydrogen-bond donors (Lipinski definition) is 2. The lowest BCUT2D eigenvalue weighted by Gasteiger charge is -2.12. The fraction of sp³-hybridized carbons (Fsp3) is 0.200. The van der Waals surface area contributed by atoms with Crippen molar-refractivity contribution in [2.75, 3.05) is 19.5 Å². The van der Waals surface area contributed by atoms with Gasteiger partial charge in [-0.3, -0.25) is 9.32 Å². The number of methoxy groups -OCH3 is 2. The Balaban J connectivity index is 1.79. The van der Waals surface area contributed by atoms with Crippen LogP contribution in [0.3, 0.4) is 0 Å². The van der Waals surface area contributed by atoms with Crippen LogP contribution in [-0.2, 0) is 9.53 Å². The Labute approximate surface area is 175 Å². The molecule has 0 radical (unpaired) electrons. The molecule has 156 valence electrons. The lowest BCUT2D eigenvalue weighted by atomic mass is 10.2. The Kier molecular flexibility index (Phi) is 6.58. The third-order valence-corrected chi connectivity index (χ3v) is 5.33. The van der Waals surface area contributed by atoms with Gasteiger partial charge in [0.2, 0.25) is 11.6 Å². The van der Waals surface area contributed by atoms with Gasteiger partial charge in [-0.1, -0.05) is 12.1 Å². The molecule has 0 aliphatic rings. The second-order valence-electron chi connectivity index (χ2n) is 6.11. The van der Waals surface area contributed by atoms with Gasteiger partial charge in [-0.25, -0.2) is 9.59 Å². The van der Waals surface area contributed by atoms with Crippen molar-refractivity contribution < 1.29 is 28.3 Å². The normalized spacial score (nSPS) is 11.6. The van der Waals surface area contributed by atoms with E-state index in [2.05, 4.69) is 10.6 Å². The molecular formula is C20H20N3O6S+. The van der Waals surface area contributed by atoms with Gasteiger partial charge in [-0.15, -0.1) is 0 Å². The zero-order chi connectivity index (χ0) is 21.7. The summed E-state index contributed by atoms with van der Waals surface area (Å²) in [6.07, 6.45) is 0. The lowest BCUT2D eigenvalue weighted by molar-refractivity contribution is -0.704. The Hall–Kier alpha value is -3.53. The summed E-state index contributed by atoms with van der Waals surface area (Å²) in [6.45, 7) is 1.64. The van der Waals surface area contributed by atoms with Crippen LogP contribution in [0.1, 0.15) is 17.3 Å². The van der Waals surface area contributed by atoms with E-state index < -0.39 is 22.8 Å². The number of H-pyrrole nitrogens is 1. The van der Waals surface area contributed by atoms with E-state index in [-0.39, 0.29) is 10.6 Å². The number of carbonyl (C=O) groups is 2. The minimum absolute atomic E-state index is 0.198. The van der Waals surface area contributed by atoms with E-state index >= 15 is 0 Å². The summed E-state index contributed by atoms with van der Waals surface area (Å²) < 4.78 is 16.2. The molecule has 0 spiro atoms. The third-order valence-electron chi connectivity index (χ3n) is 4.19. The molecule has 2 aromatic carbocycles. The first kappa shape index (κ1) is 21.2. The molecular weight excluding hydrogens is 410 g/mol. The van der Waals surface area contributed by atoms with Crippen LogP contribution < -0.4 is 20.4 Å². The minimum Gasteiger partial charge on any atom is -0.497 e. The quantitative estimate of drug-likeness (QED) is 0.335. The fourth-order valence-electron chi connectivity index (χ4n) is 2.60. The highest BCUT2D eigenvalue weighted by atomic mass is 32.2. The van der Waals surface area contributed by atoms with E-state index in [9.17, 15) is 14.4 Å². The van der Waals surface area contributed by atoms with Crippen LogP contribution in [0.25, 0.3) is 5.69 Å². The number of rotatable bonds is 7. The van der Waals surface area contributed by atoms with Crippen LogP contribution >= 0.6 is 11.8 Å². The summed E-state index contributed by atoms with van der Waals surface area (Å²) in [5, 5.41) is 4.76. The number of hydrogen-bond acceptors (Lipinski definition) is 7. The molecule has 3 rings (SSSR count). The van der Waals surface area contributed by atoms with E-state index in [1.165, 1.54) is 11.8 Å². The molecule has 1 amide bonds. The first-order chi connectivity index (χ1) is 14.4. The average Bonchev–Trinajstić information content (AvgIpc) is 3.13. The highest BCUT2D eigenvalue weighted by Gasteiger charge is 2.29. The number of ether oxygens (including phenoxy) is 2. The molecule has 1 aromatic heterocycles. The van der Waals surface area contributed by atoms with Crippen LogP contribution in [-0.4, -0.2) is 36.6 Å². The van der Waals surface area contributed by atoms with E-state index in [0.717, 1.165) is 11.8 Å². The molecule has 0 aliphatic carbocycles. The monoisotopic (exact) mass is 430 g/mol. The molecule has 10 heteroatoms. The van der Waals surface area contributed by atoms with Gasteiger partial charge in [-0.2, -0.15) is 0 Å². The number of nitrogens with zero attached hydrogens (tertiary/aromatic N) is 1. The zero-order valence-corrected chi connectivity index (χ0v) is 17.3. The Morgan fingerprint density at radius 3 is 2.50 bits per heavy atom. The summed E-state index contributed by atoms with van der Waals surface area (Å²) in [5.41, 5.74) is 0.587. The van der Waals surface area contributed by atoms with Gasteiger partial charge < -0.3 is 14.8 Å². The molecule has 1 atom stereocenters. The van der Waals surface area contributed by atoms with Crippen LogP contribution in [0.5, 0.6) is 5.75 Å². The summed E-state index contributed by atoms with van der Waals surface area (Å²) in [7, 11) is 2.82. The number of aromatic amines is 1. The molecule has 0 saturated carbocycles. The molecule has 3 aromatic rings. The van der Waals surface area contributed by atoms with Crippen molar-refractivity contribution in [1.29, 1.82) is 0 Å². The SMILES string of the molecule is COC(=O)c1ccccc1NC(=O)C(C)Sc1c(=O)o[nH][n+]1-c1ccc(OC)cc1. The molecule has 9 nitrogen and oxygen atoms in total. The van der Waals surface area contributed by atoms with Crippen LogP contribution in [0.2, 0.25) is 0 Å². The van der Waals surface area contributed by atoms with E-state index in [1.54, 1.807) is 62.6 Å². The highest BCUT2D eigenvalue weighted by Crippen LogP contribution is 2.22. The number of anilines is 1. The van der Waals surface area contributed by atoms with E-state index in [0.29, 0.717) is 17.1 Å². The average molecular weight is 430 g/mol. The minimum atomic E-state index is -0.668. The van der Waals surface area contributed by atoms with E-state index in [1.807, 2.05) is 0 Å². The predicted octanol–water partition coefficient (Wildman–Crippen LogP) is 2.16. The largest absolute Gasteiger partial charge is 0.497 e. The first-order valence-electron chi connectivity index (χ1n) is 8.87. The van der Waals surface area contributed by atoms with Gasteiger partial charge >= 0.3 is 16.6 Å². The fourth-order valence-corrected chi connectivity index (χ4v) is 3.49. The number of nitrogens with one attached hydrogen (secondary N) is 2. The maximum absolute atomic E-state index is 12.7. The number of thioether (sulfide) groups is 1. The van der Waals surface area contributed by atoms with Gasteiger partial charge in [0.05, 0.1) is 30.7 Å². The molecule has 1 unspecified atom stereocenters. The predicted molar refractivity (Wildman–Crippen MR) is 109 cm³/mol. The standard InChI is InChI=1S/C20H19N3O6S/c1-12(17(24)21-16-7-5-4-6-15(16)19(25)28-3)30-18-20(26)29-22-23(18)13-8-10-14(27-2)11-9-13/h4-12H,1-3H3,(H-,21,22,24,25,26)/p+1. The number of aromatic nitrogens is 2. The van der Waals surface area contributed by atoms with Crippen molar-refractivity contribution in [3.8, 4) is 11.4 Å². The van der Waals surface area contributed by atoms with Crippen molar-refractivity contribution in [2.24, 2.45) is 0 Å². The molecule has 1 heterocycles. The molecule has 0 fully saturated rings. The molecule has 2 N–H and O–H groups in total. The van der Waals surface area contributed by atoms with Crippen molar-refractivity contribution >= 4 is 29.3 Å². The number of carbonyl (C=O) groups excluding carboxylic acids is 2. The lowest BCUT2D eigenvalue weighted by Crippen LogP contribution is -2.37. The maximum atomic E-state index is 12.7. The third kappa shape index (κ3) is 4.54. The maximum Gasteiger partial charge on any atom is 0.442 e. The number of para-hydroxylation sites is 1. The zero-order valence-electron chi connectivity index (χ0n) is 16.5. The molecule has 0 aliphatic heterocycles. The summed E-state index contributed by atoms with van der Waals surface area (Å²) >= 11 is 1.02. The summed E-state index contributed by atoms with van der Waals surface area (Å²) in [5.74, 6) is -0.288. The smallest absolute Gasteiger partial charge is 0.442 e. The topological polar surface area (TPSA) is 115 Å². The van der Waals surface area contributed by atoms with Gasteiger partial charge in [0.15, 0.2) is 0 Å². The van der Waals surface area contributed by atoms with Crippen molar-refractivity contribution in [1.82, 2.24) is 5.27 Å². The molecule has 30 heavy (non-hydrogen) atoms. The number of benzene rings is 2. The Morgan fingerprint density at radius 1 is 1.13 bits per heavy atom. The Bertz CT molecular complexity index is 1110. The molecule has 0 saturated heterocycles. The molecule has 0 bridgehead atoms. The highest BCUT2D eigenvalue weighted by molar-refractivity contribution is 8.00. The van der Waals surface area contributed by atoms with Crippen LogP contribution in [0.15, 0.2) is 62.9 Å². The van der Waals surface area contributed by atoms with Crippen molar-refractivity contribution in [3.63, 3.8) is 0 Å². The van der Waals surface area contributed by atoms with Gasteiger partial charge in [0.25, 0.3) is 0 Å². The first-order valence-corrected chi connectivity index (χ1v) is 9.75. The number of amides is 1. The summed E-state index contributed by atoms with van der Waals surface area (Å²) in [6, 6.07) is 13.5. The summed E-state index contributed by atoms with van der Waals surface area (Å²) in [4.78, 5) is 36.8.